The predicted octanol–water partition coefficient (Wildman–Crippen LogP) is 2.68. The summed E-state index contributed by atoms with van der Waals surface area (Å²) in [5, 5.41) is 23.6. The fourth-order valence-electron chi connectivity index (χ4n) is 1.26. The van der Waals surface area contributed by atoms with Gasteiger partial charge < -0.3 is 10.4 Å². The van der Waals surface area contributed by atoms with Gasteiger partial charge in [0.25, 0.3) is 5.69 Å². The van der Waals surface area contributed by atoms with Gasteiger partial charge in [0.2, 0.25) is 0 Å². The summed E-state index contributed by atoms with van der Waals surface area (Å²) in [5.74, 6) is 0.0915. The third kappa shape index (κ3) is 3.87. The highest BCUT2D eigenvalue weighted by Crippen LogP contribution is 2.27. The number of rotatable bonds is 5. The van der Waals surface area contributed by atoms with Crippen LogP contribution >= 0.6 is 11.6 Å². The summed E-state index contributed by atoms with van der Waals surface area (Å²) in [4.78, 5) is 10.3. The molecule has 1 aromatic carbocycles. The van der Waals surface area contributed by atoms with Crippen molar-refractivity contribution in [3.63, 3.8) is 0 Å². The smallest absolute Gasteiger partial charge is 0.293 e. The van der Waals surface area contributed by atoms with Crippen LogP contribution in [0.2, 0.25) is 5.02 Å². The van der Waals surface area contributed by atoms with Crippen molar-refractivity contribution in [2.75, 3.05) is 11.9 Å². The lowest BCUT2D eigenvalue weighted by Gasteiger charge is -2.15. The van der Waals surface area contributed by atoms with Crippen LogP contribution in [-0.2, 0) is 0 Å². The number of aliphatic hydroxyl groups excluding tert-OH is 1. The second-order valence-corrected chi connectivity index (χ2v) is 4.55. The zero-order valence-electron chi connectivity index (χ0n) is 9.68. The van der Waals surface area contributed by atoms with Crippen molar-refractivity contribution < 1.29 is 10.0 Å². The molecule has 0 spiro atoms. The van der Waals surface area contributed by atoms with Crippen LogP contribution in [0, 0.1) is 16.0 Å². The highest BCUT2D eigenvalue weighted by molar-refractivity contribution is 6.30. The van der Waals surface area contributed by atoms with E-state index in [1.54, 1.807) is 6.07 Å². The summed E-state index contributed by atoms with van der Waals surface area (Å²) >= 11 is 5.69. The third-order valence-corrected chi connectivity index (χ3v) is 2.66. The van der Waals surface area contributed by atoms with Crippen LogP contribution in [0.25, 0.3) is 0 Å². The lowest BCUT2D eigenvalue weighted by Crippen LogP contribution is -2.25. The highest BCUT2D eigenvalue weighted by Gasteiger charge is 2.16. The first-order valence-corrected chi connectivity index (χ1v) is 5.65. The lowest BCUT2D eigenvalue weighted by molar-refractivity contribution is -0.383. The van der Waals surface area contributed by atoms with E-state index in [0.717, 1.165) is 0 Å². The average molecular weight is 259 g/mol. The van der Waals surface area contributed by atoms with Crippen molar-refractivity contribution in [2.45, 2.75) is 20.0 Å². The number of hydrogen-bond donors (Lipinski definition) is 2. The molecule has 0 bridgehead atoms. The molecule has 94 valence electrons. The Bertz CT molecular complexity index is 410. The number of aliphatic hydroxyl groups is 1. The van der Waals surface area contributed by atoms with Gasteiger partial charge >= 0.3 is 0 Å². The fourth-order valence-corrected chi connectivity index (χ4v) is 1.42. The minimum absolute atomic E-state index is 0.0894. The van der Waals surface area contributed by atoms with E-state index >= 15 is 0 Å². The zero-order valence-corrected chi connectivity index (χ0v) is 10.4. The number of benzene rings is 1. The number of anilines is 1. The quantitative estimate of drug-likeness (QED) is 0.629. The Morgan fingerprint density at radius 2 is 2.18 bits per heavy atom. The largest absolute Gasteiger partial charge is 0.391 e. The van der Waals surface area contributed by atoms with Crippen LogP contribution in [0.15, 0.2) is 18.2 Å². The first-order chi connectivity index (χ1) is 7.91. The molecule has 6 heteroatoms. The summed E-state index contributed by atoms with van der Waals surface area (Å²) in [7, 11) is 0. The highest BCUT2D eigenvalue weighted by atomic mass is 35.5. The molecule has 0 saturated heterocycles. The van der Waals surface area contributed by atoms with Crippen LogP contribution in [0.5, 0.6) is 0 Å². The molecule has 0 radical (unpaired) electrons. The normalized spacial score (nSPS) is 12.5. The van der Waals surface area contributed by atoms with Crippen molar-refractivity contribution in [2.24, 2.45) is 5.92 Å². The molecule has 1 unspecified atom stereocenters. The van der Waals surface area contributed by atoms with Gasteiger partial charge in [-0.05, 0) is 18.1 Å². The average Bonchev–Trinajstić information content (AvgIpc) is 2.26. The van der Waals surface area contributed by atoms with Crippen LogP contribution in [0.3, 0.4) is 0 Å². The molecule has 0 saturated carbocycles. The monoisotopic (exact) mass is 258 g/mol. The van der Waals surface area contributed by atoms with Gasteiger partial charge in [0.05, 0.1) is 11.0 Å². The van der Waals surface area contributed by atoms with Crippen molar-refractivity contribution >= 4 is 23.0 Å². The Hall–Kier alpha value is -1.33. The van der Waals surface area contributed by atoms with E-state index < -0.39 is 11.0 Å². The van der Waals surface area contributed by atoms with E-state index in [2.05, 4.69) is 5.32 Å². The SMILES string of the molecule is CC(C)C(O)CNc1ccc(Cl)cc1[N+](=O)[O-]. The topological polar surface area (TPSA) is 75.4 Å². The van der Waals surface area contributed by atoms with E-state index in [1.807, 2.05) is 13.8 Å². The zero-order chi connectivity index (χ0) is 13.0. The molecule has 1 atom stereocenters. The van der Waals surface area contributed by atoms with Gasteiger partial charge in [0.1, 0.15) is 5.69 Å². The van der Waals surface area contributed by atoms with Crippen LogP contribution in [0.1, 0.15) is 13.8 Å². The Morgan fingerprint density at radius 3 is 2.71 bits per heavy atom. The molecule has 0 aliphatic carbocycles. The number of nitro benzene ring substituents is 1. The number of hydrogen-bond acceptors (Lipinski definition) is 4. The molecule has 5 nitrogen and oxygen atoms in total. The third-order valence-electron chi connectivity index (χ3n) is 2.43. The molecular weight excluding hydrogens is 244 g/mol. The fraction of sp³-hybridized carbons (Fsp3) is 0.455. The minimum Gasteiger partial charge on any atom is -0.391 e. The van der Waals surface area contributed by atoms with Crippen molar-refractivity contribution in [1.29, 1.82) is 0 Å². The molecule has 0 aromatic heterocycles. The van der Waals surface area contributed by atoms with Crippen LogP contribution in [0.4, 0.5) is 11.4 Å². The van der Waals surface area contributed by atoms with Crippen LogP contribution in [-0.4, -0.2) is 22.7 Å². The summed E-state index contributed by atoms with van der Waals surface area (Å²) in [6.45, 7) is 4.02. The molecular formula is C11H15ClN2O3. The Kier molecular flexibility index (Phi) is 4.72. The van der Waals surface area contributed by atoms with Crippen molar-refractivity contribution in [3.05, 3.63) is 33.3 Å². The van der Waals surface area contributed by atoms with Gasteiger partial charge in [-0.1, -0.05) is 25.4 Å². The first kappa shape index (κ1) is 13.7. The van der Waals surface area contributed by atoms with E-state index in [4.69, 9.17) is 11.6 Å². The lowest BCUT2D eigenvalue weighted by atomic mass is 10.1. The van der Waals surface area contributed by atoms with Crippen molar-refractivity contribution in [1.82, 2.24) is 0 Å². The van der Waals surface area contributed by atoms with Crippen LogP contribution < -0.4 is 5.32 Å². The molecule has 0 amide bonds. The predicted molar refractivity (Wildman–Crippen MR) is 67.4 cm³/mol. The Labute approximate surface area is 105 Å². The maximum absolute atomic E-state index is 10.8. The summed E-state index contributed by atoms with van der Waals surface area (Å²) in [5.41, 5.74) is 0.271. The molecule has 0 fully saturated rings. The Balaban J connectivity index is 2.80. The Morgan fingerprint density at radius 1 is 1.53 bits per heavy atom. The van der Waals surface area contributed by atoms with E-state index in [1.165, 1.54) is 12.1 Å². The maximum Gasteiger partial charge on any atom is 0.293 e. The number of nitrogens with one attached hydrogen (secondary N) is 1. The van der Waals surface area contributed by atoms with E-state index in [9.17, 15) is 15.2 Å². The molecule has 17 heavy (non-hydrogen) atoms. The molecule has 1 rings (SSSR count). The number of nitrogens with zero attached hydrogens (tertiary/aromatic N) is 1. The minimum atomic E-state index is -0.551. The number of nitro groups is 1. The summed E-state index contributed by atoms with van der Waals surface area (Å²) < 4.78 is 0. The van der Waals surface area contributed by atoms with Gasteiger partial charge in [0.15, 0.2) is 0 Å². The molecule has 1 aromatic rings. The molecule has 2 N–H and O–H groups in total. The molecule has 0 heterocycles. The summed E-state index contributed by atoms with van der Waals surface area (Å²) in [6, 6.07) is 4.39. The second-order valence-electron chi connectivity index (χ2n) is 4.11. The van der Waals surface area contributed by atoms with Gasteiger partial charge in [-0.25, -0.2) is 0 Å². The summed E-state index contributed by atoms with van der Waals surface area (Å²) in [6.07, 6.45) is -0.551. The molecule has 0 aliphatic heterocycles. The molecule has 0 aliphatic rings. The van der Waals surface area contributed by atoms with Gasteiger partial charge in [-0.15, -0.1) is 0 Å². The van der Waals surface area contributed by atoms with Gasteiger partial charge in [-0.2, -0.15) is 0 Å². The van der Waals surface area contributed by atoms with Gasteiger partial charge in [-0.3, -0.25) is 10.1 Å². The first-order valence-electron chi connectivity index (χ1n) is 5.27. The van der Waals surface area contributed by atoms with Crippen molar-refractivity contribution in [3.8, 4) is 0 Å². The van der Waals surface area contributed by atoms with E-state index in [-0.39, 0.29) is 18.2 Å². The van der Waals surface area contributed by atoms with E-state index in [0.29, 0.717) is 10.7 Å². The maximum atomic E-state index is 10.8. The number of halogens is 1. The second kappa shape index (κ2) is 5.84. The standard InChI is InChI=1S/C11H15ClN2O3/c1-7(2)11(15)6-13-9-4-3-8(12)5-10(9)14(16)17/h3-5,7,11,13,15H,6H2,1-2H3. The van der Waals surface area contributed by atoms with Gasteiger partial charge in [0, 0.05) is 17.6 Å².